The van der Waals surface area contributed by atoms with Crippen LogP contribution >= 0.6 is 0 Å². The fourth-order valence-electron chi connectivity index (χ4n) is 1.17. The van der Waals surface area contributed by atoms with Crippen LogP contribution in [0.2, 0.25) is 0 Å². The summed E-state index contributed by atoms with van der Waals surface area (Å²) in [5.41, 5.74) is 1.92. The first-order valence-electron chi connectivity index (χ1n) is 3.71. The van der Waals surface area contributed by atoms with Crippen LogP contribution in [-0.4, -0.2) is 12.3 Å². The zero-order valence-corrected chi connectivity index (χ0v) is 7.00. The lowest BCUT2D eigenvalue weighted by Gasteiger charge is -1.92. The van der Waals surface area contributed by atoms with Gasteiger partial charge in [-0.25, -0.2) is 0 Å². The number of aryl methyl sites for hydroxylation is 1. The number of rotatable bonds is 1. The third-order valence-electron chi connectivity index (χ3n) is 1.79. The molecule has 3 heteroatoms. The lowest BCUT2D eigenvalue weighted by molar-refractivity contribution is 0.350. The van der Waals surface area contributed by atoms with E-state index in [0.29, 0.717) is 5.88 Å². The molecule has 2 rings (SSSR count). The van der Waals surface area contributed by atoms with E-state index in [1.165, 1.54) is 0 Å². The maximum absolute atomic E-state index is 5.05. The Morgan fingerprint density at radius 2 is 2.25 bits per heavy atom. The molecule has 0 bridgehead atoms. The molecule has 2 aromatic rings. The van der Waals surface area contributed by atoms with Crippen LogP contribution in [0.4, 0.5) is 0 Å². The van der Waals surface area contributed by atoms with E-state index in [1.54, 1.807) is 7.11 Å². The molecule has 0 spiro atoms. The fourth-order valence-corrected chi connectivity index (χ4v) is 1.17. The van der Waals surface area contributed by atoms with Gasteiger partial charge < -0.3 is 9.26 Å². The van der Waals surface area contributed by atoms with Crippen molar-refractivity contribution in [1.82, 2.24) is 5.16 Å². The van der Waals surface area contributed by atoms with Crippen molar-refractivity contribution < 1.29 is 9.26 Å². The third-order valence-corrected chi connectivity index (χ3v) is 1.79. The average molecular weight is 163 g/mol. The van der Waals surface area contributed by atoms with Crippen molar-refractivity contribution >= 4 is 11.0 Å². The fraction of sp³-hybridized carbons (Fsp3) is 0.222. The highest BCUT2D eigenvalue weighted by Crippen LogP contribution is 2.24. The van der Waals surface area contributed by atoms with Gasteiger partial charge in [-0.05, 0) is 29.8 Å². The molecule has 0 amide bonds. The molecular weight excluding hydrogens is 154 g/mol. The summed E-state index contributed by atoms with van der Waals surface area (Å²) >= 11 is 0. The highest BCUT2D eigenvalue weighted by Gasteiger charge is 2.06. The maximum Gasteiger partial charge on any atom is 0.261 e. The minimum absolute atomic E-state index is 0.546. The molecule has 1 aromatic heterocycles. The van der Waals surface area contributed by atoms with E-state index >= 15 is 0 Å². The lowest BCUT2D eigenvalue weighted by atomic mass is 10.2. The lowest BCUT2D eigenvalue weighted by Crippen LogP contribution is -1.81. The number of hydrogen-bond donors (Lipinski definition) is 0. The third kappa shape index (κ3) is 0.942. The van der Waals surface area contributed by atoms with E-state index in [9.17, 15) is 0 Å². The van der Waals surface area contributed by atoms with Gasteiger partial charge in [-0.2, -0.15) is 0 Å². The molecule has 0 radical (unpaired) electrons. The summed E-state index contributed by atoms with van der Waals surface area (Å²) in [6.07, 6.45) is 0. The van der Waals surface area contributed by atoms with Gasteiger partial charge >= 0.3 is 0 Å². The van der Waals surface area contributed by atoms with Crippen LogP contribution in [0.5, 0.6) is 5.88 Å². The summed E-state index contributed by atoms with van der Waals surface area (Å²) in [5.74, 6) is 0.546. The Morgan fingerprint density at radius 3 is 3.00 bits per heavy atom. The average Bonchev–Trinajstić information content (AvgIpc) is 2.46. The molecule has 62 valence electrons. The molecule has 0 aliphatic rings. The van der Waals surface area contributed by atoms with Crippen molar-refractivity contribution in [2.75, 3.05) is 7.11 Å². The first-order valence-corrected chi connectivity index (χ1v) is 3.71. The summed E-state index contributed by atoms with van der Waals surface area (Å²) < 4.78 is 10.0. The van der Waals surface area contributed by atoms with E-state index in [4.69, 9.17) is 9.26 Å². The minimum atomic E-state index is 0.546. The Labute approximate surface area is 69.9 Å². The van der Waals surface area contributed by atoms with Gasteiger partial charge in [-0.3, -0.25) is 0 Å². The standard InChI is InChI=1S/C9H9NO2/c1-6-3-4-7-8(5-6)12-10-9(7)11-2/h3-5H,1-2H3. The summed E-state index contributed by atoms with van der Waals surface area (Å²) in [7, 11) is 1.58. The van der Waals surface area contributed by atoms with Crippen LogP contribution in [0.1, 0.15) is 5.56 Å². The topological polar surface area (TPSA) is 35.3 Å². The molecule has 0 saturated carbocycles. The summed E-state index contributed by atoms with van der Waals surface area (Å²) in [4.78, 5) is 0. The molecule has 1 aromatic carbocycles. The largest absolute Gasteiger partial charge is 0.478 e. The van der Waals surface area contributed by atoms with Gasteiger partial charge in [0.25, 0.3) is 5.88 Å². The number of nitrogens with zero attached hydrogens (tertiary/aromatic N) is 1. The smallest absolute Gasteiger partial charge is 0.261 e. The Bertz CT molecular complexity index is 406. The van der Waals surface area contributed by atoms with Crippen LogP contribution in [0.3, 0.4) is 0 Å². The SMILES string of the molecule is COc1noc2cc(C)ccc12. The highest BCUT2D eigenvalue weighted by molar-refractivity contribution is 5.82. The van der Waals surface area contributed by atoms with Crippen molar-refractivity contribution in [3.63, 3.8) is 0 Å². The number of ether oxygens (including phenoxy) is 1. The molecule has 0 fully saturated rings. The molecule has 12 heavy (non-hydrogen) atoms. The van der Waals surface area contributed by atoms with Crippen molar-refractivity contribution in [2.24, 2.45) is 0 Å². The Kier molecular flexibility index (Phi) is 1.50. The quantitative estimate of drug-likeness (QED) is 0.646. The van der Waals surface area contributed by atoms with E-state index in [1.807, 2.05) is 25.1 Å². The van der Waals surface area contributed by atoms with Crippen LogP contribution in [-0.2, 0) is 0 Å². The summed E-state index contributed by atoms with van der Waals surface area (Å²) in [6.45, 7) is 2.01. The van der Waals surface area contributed by atoms with Gasteiger partial charge in [0.2, 0.25) is 0 Å². The first-order chi connectivity index (χ1) is 5.81. The van der Waals surface area contributed by atoms with Gasteiger partial charge in [-0.1, -0.05) is 6.07 Å². The van der Waals surface area contributed by atoms with E-state index in [-0.39, 0.29) is 0 Å². The van der Waals surface area contributed by atoms with E-state index < -0.39 is 0 Å². The van der Waals surface area contributed by atoms with E-state index in [0.717, 1.165) is 16.5 Å². The molecule has 0 saturated heterocycles. The van der Waals surface area contributed by atoms with Crippen molar-refractivity contribution in [1.29, 1.82) is 0 Å². The van der Waals surface area contributed by atoms with Crippen molar-refractivity contribution in [3.05, 3.63) is 23.8 Å². The first kappa shape index (κ1) is 7.16. The monoisotopic (exact) mass is 163 g/mol. The second-order valence-corrected chi connectivity index (χ2v) is 2.69. The Balaban J connectivity index is 2.73. The zero-order valence-electron chi connectivity index (χ0n) is 7.00. The number of aromatic nitrogens is 1. The summed E-state index contributed by atoms with van der Waals surface area (Å²) in [6, 6.07) is 5.88. The summed E-state index contributed by atoms with van der Waals surface area (Å²) in [5, 5.41) is 4.68. The molecule has 3 nitrogen and oxygen atoms in total. The van der Waals surface area contributed by atoms with Gasteiger partial charge in [0.15, 0.2) is 5.58 Å². The van der Waals surface area contributed by atoms with Gasteiger partial charge in [0.05, 0.1) is 12.5 Å². The molecule has 1 heterocycles. The molecule has 0 unspecified atom stereocenters. The molecule has 0 aliphatic carbocycles. The predicted molar refractivity (Wildman–Crippen MR) is 45.3 cm³/mol. The maximum atomic E-state index is 5.05. The van der Waals surface area contributed by atoms with Crippen LogP contribution in [0.25, 0.3) is 11.0 Å². The van der Waals surface area contributed by atoms with Gasteiger partial charge in [-0.15, -0.1) is 0 Å². The zero-order chi connectivity index (χ0) is 8.55. The van der Waals surface area contributed by atoms with Gasteiger partial charge in [0.1, 0.15) is 0 Å². The number of fused-ring (bicyclic) bond motifs is 1. The Morgan fingerprint density at radius 1 is 1.42 bits per heavy atom. The second-order valence-electron chi connectivity index (χ2n) is 2.69. The van der Waals surface area contributed by atoms with Crippen molar-refractivity contribution in [2.45, 2.75) is 6.92 Å². The van der Waals surface area contributed by atoms with Crippen LogP contribution in [0.15, 0.2) is 22.7 Å². The van der Waals surface area contributed by atoms with Crippen LogP contribution in [0, 0.1) is 6.92 Å². The van der Waals surface area contributed by atoms with Gasteiger partial charge in [0, 0.05) is 0 Å². The number of benzene rings is 1. The van der Waals surface area contributed by atoms with Crippen molar-refractivity contribution in [3.8, 4) is 5.88 Å². The number of methoxy groups -OCH3 is 1. The molecule has 0 aliphatic heterocycles. The minimum Gasteiger partial charge on any atom is -0.478 e. The second kappa shape index (κ2) is 2.52. The van der Waals surface area contributed by atoms with E-state index in [2.05, 4.69) is 5.16 Å². The van der Waals surface area contributed by atoms with Crippen LogP contribution < -0.4 is 4.74 Å². The molecular formula is C9H9NO2. The number of hydrogen-bond acceptors (Lipinski definition) is 3. The molecule has 0 N–H and O–H groups in total. The highest BCUT2D eigenvalue weighted by atomic mass is 16.5. The predicted octanol–water partition coefficient (Wildman–Crippen LogP) is 2.14. The normalized spacial score (nSPS) is 10.5. The Hall–Kier alpha value is -1.51. The molecule has 0 atom stereocenters.